The second-order valence-electron chi connectivity index (χ2n) is 4.34. The lowest BCUT2D eigenvalue weighted by Gasteiger charge is -2.16. The molecule has 96 valence electrons. The number of aryl methyl sites for hydroxylation is 2. The molecule has 0 aliphatic heterocycles. The second kappa shape index (κ2) is 5.74. The predicted molar refractivity (Wildman–Crippen MR) is 83.8 cm³/mol. The first-order valence-corrected chi connectivity index (χ1v) is 7.71. The molecule has 1 N–H and O–H groups in total. The van der Waals surface area contributed by atoms with Gasteiger partial charge in [-0.25, -0.2) is 0 Å². The Balaban J connectivity index is 2.41. The summed E-state index contributed by atoms with van der Waals surface area (Å²) in [6.07, 6.45) is 0. The highest BCUT2D eigenvalue weighted by Crippen LogP contribution is 2.37. The first kappa shape index (κ1) is 14.1. The Morgan fingerprint density at radius 1 is 1.22 bits per heavy atom. The first-order chi connectivity index (χ1) is 8.52. The molecule has 1 aromatic heterocycles. The van der Waals surface area contributed by atoms with Crippen molar-refractivity contribution in [2.75, 3.05) is 7.05 Å². The number of hydrogen-bond acceptors (Lipinski definition) is 2. The summed E-state index contributed by atoms with van der Waals surface area (Å²) in [5.41, 5.74) is 3.90. The van der Waals surface area contributed by atoms with Gasteiger partial charge in [-0.1, -0.05) is 29.8 Å². The fourth-order valence-corrected chi connectivity index (χ4v) is 3.81. The topological polar surface area (TPSA) is 12.0 Å². The van der Waals surface area contributed by atoms with Gasteiger partial charge in [0.15, 0.2) is 0 Å². The van der Waals surface area contributed by atoms with Crippen LogP contribution in [0.5, 0.6) is 0 Å². The summed E-state index contributed by atoms with van der Waals surface area (Å²) in [4.78, 5) is 1.22. The minimum atomic E-state index is 0.193. The molecule has 0 saturated heterocycles. The number of nitrogens with one attached hydrogen (secondary N) is 1. The molecule has 2 aromatic rings. The molecule has 0 aliphatic rings. The van der Waals surface area contributed by atoms with E-state index in [1.54, 1.807) is 11.3 Å². The molecular weight excluding hydrogens is 330 g/mol. The van der Waals surface area contributed by atoms with Crippen molar-refractivity contribution in [3.63, 3.8) is 0 Å². The first-order valence-electron chi connectivity index (χ1n) is 5.72. The zero-order chi connectivity index (χ0) is 13.3. The SMILES string of the molecule is CNC(c1ccc(C)c(C)c1)c1cc(Cl)c(Br)s1. The number of benzene rings is 1. The van der Waals surface area contributed by atoms with Crippen molar-refractivity contribution in [2.24, 2.45) is 0 Å². The van der Waals surface area contributed by atoms with Crippen LogP contribution < -0.4 is 5.32 Å². The van der Waals surface area contributed by atoms with E-state index in [0.717, 1.165) is 8.81 Å². The van der Waals surface area contributed by atoms with Crippen LogP contribution in [0.25, 0.3) is 0 Å². The zero-order valence-corrected chi connectivity index (χ0v) is 13.7. The van der Waals surface area contributed by atoms with Crippen LogP contribution in [0, 0.1) is 13.8 Å². The Labute approximate surface area is 125 Å². The van der Waals surface area contributed by atoms with Crippen LogP contribution in [0.2, 0.25) is 5.02 Å². The van der Waals surface area contributed by atoms with Gasteiger partial charge in [0.2, 0.25) is 0 Å². The summed E-state index contributed by atoms with van der Waals surface area (Å²) < 4.78 is 0.989. The van der Waals surface area contributed by atoms with E-state index < -0.39 is 0 Å². The third kappa shape index (κ3) is 2.80. The monoisotopic (exact) mass is 343 g/mol. The van der Waals surface area contributed by atoms with Crippen molar-refractivity contribution in [1.29, 1.82) is 0 Å². The van der Waals surface area contributed by atoms with Crippen molar-refractivity contribution in [3.05, 3.63) is 54.6 Å². The van der Waals surface area contributed by atoms with Crippen LogP contribution in [0.1, 0.15) is 27.6 Å². The average Bonchev–Trinajstić information content (AvgIpc) is 2.65. The molecular formula is C14H15BrClNS. The Kier molecular flexibility index (Phi) is 4.49. The van der Waals surface area contributed by atoms with E-state index in [1.807, 2.05) is 13.1 Å². The number of rotatable bonds is 3. The van der Waals surface area contributed by atoms with Crippen LogP contribution in [-0.4, -0.2) is 7.05 Å². The molecule has 0 radical (unpaired) electrons. The molecule has 1 atom stereocenters. The standard InChI is InChI=1S/C14H15BrClNS/c1-8-4-5-10(6-9(8)2)13(17-3)12-7-11(16)14(15)18-12/h4-7,13,17H,1-3H3. The smallest absolute Gasteiger partial charge is 0.0888 e. The van der Waals surface area contributed by atoms with Crippen LogP contribution >= 0.6 is 38.9 Å². The highest BCUT2D eigenvalue weighted by atomic mass is 79.9. The van der Waals surface area contributed by atoms with E-state index in [1.165, 1.54) is 21.6 Å². The van der Waals surface area contributed by atoms with Crippen LogP contribution in [0.4, 0.5) is 0 Å². The molecule has 2 rings (SSSR count). The van der Waals surface area contributed by atoms with Crippen molar-refractivity contribution in [2.45, 2.75) is 19.9 Å². The normalized spacial score (nSPS) is 12.7. The van der Waals surface area contributed by atoms with Gasteiger partial charge in [-0.3, -0.25) is 0 Å². The number of halogens is 2. The molecule has 0 spiro atoms. The van der Waals surface area contributed by atoms with Crippen LogP contribution in [0.15, 0.2) is 28.1 Å². The quantitative estimate of drug-likeness (QED) is 0.818. The molecule has 1 heterocycles. The van der Waals surface area contributed by atoms with E-state index in [0.29, 0.717) is 0 Å². The van der Waals surface area contributed by atoms with Gasteiger partial charge in [0.25, 0.3) is 0 Å². The Hall–Kier alpha value is -0.350. The highest BCUT2D eigenvalue weighted by Gasteiger charge is 2.16. The predicted octanol–water partition coefficient (Wildman–Crippen LogP) is 5.09. The summed E-state index contributed by atoms with van der Waals surface area (Å²) in [6.45, 7) is 4.27. The lowest BCUT2D eigenvalue weighted by atomic mass is 10.0. The van der Waals surface area contributed by atoms with Gasteiger partial charge in [0.05, 0.1) is 14.9 Å². The molecule has 4 heteroatoms. The highest BCUT2D eigenvalue weighted by molar-refractivity contribution is 9.11. The van der Waals surface area contributed by atoms with Crippen LogP contribution in [0.3, 0.4) is 0 Å². The van der Waals surface area contributed by atoms with E-state index in [-0.39, 0.29) is 6.04 Å². The molecule has 1 nitrogen and oxygen atoms in total. The molecule has 0 aliphatic carbocycles. The maximum absolute atomic E-state index is 6.11. The molecule has 1 aromatic carbocycles. The van der Waals surface area contributed by atoms with Crippen molar-refractivity contribution < 1.29 is 0 Å². The van der Waals surface area contributed by atoms with Gasteiger partial charge >= 0.3 is 0 Å². The van der Waals surface area contributed by atoms with Gasteiger partial charge in [0.1, 0.15) is 0 Å². The third-order valence-electron chi connectivity index (χ3n) is 3.10. The zero-order valence-electron chi connectivity index (χ0n) is 10.6. The third-order valence-corrected chi connectivity index (χ3v) is 5.64. The lowest BCUT2D eigenvalue weighted by Crippen LogP contribution is -2.16. The minimum Gasteiger partial charge on any atom is -0.309 e. The Bertz CT molecular complexity index is 545. The van der Waals surface area contributed by atoms with E-state index >= 15 is 0 Å². The second-order valence-corrected chi connectivity index (χ2v) is 7.14. The summed E-state index contributed by atoms with van der Waals surface area (Å²) >= 11 is 11.3. The van der Waals surface area contributed by atoms with Gasteiger partial charge in [-0.05, 0) is 59.6 Å². The van der Waals surface area contributed by atoms with Gasteiger partial charge in [-0.2, -0.15) is 0 Å². The molecule has 0 fully saturated rings. The van der Waals surface area contributed by atoms with E-state index in [2.05, 4.69) is 53.3 Å². The van der Waals surface area contributed by atoms with Gasteiger partial charge in [0, 0.05) is 4.88 Å². The molecule has 0 bridgehead atoms. The number of thiophene rings is 1. The van der Waals surface area contributed by atoms with E-state index in [9.17, 15) is 0 Å². The van der Waals surface area contributed by atoms with Gasteiger partial charge in [-0.15, -0.1) is 11.3 Å². The maximum Gasteiger partial charge on any atom is 0.0888 e. The fraction of sp³-hybridized carbons (Fsp3) is 0.286. The van der Waals surface area contributed by atoms with Crippen molar-refractivity contribution >= 4 is 38.9 Å². The van der Waals surface area contributed by atoms with Crippen molar-refractivity contribution in [1.82, 2.24) is 5.32 Å². The molecule has 1 unspecified atom stereocenters. The summed E-state index contributed by atoms with van der Waals surface area (Å²) in [5.74, 6) is 0. The molecule has 0 amide bonds. The van der Waals surface area contributed by atoms with E-state index in [4.69, 9.17) is 11.6 Å². The molecule has 0 saturated carbocycles. The average molecular weight is 345 g/mol. The Morgan fingerprint density at radius 3 is 2.44 bits per heavy atom. The maximum atomic E-state index is 6.11. The summed E-state index contributed by atoms with van der Waals surface area (Å²) in [5, 5.41) is 4.13. The van der Waals surface area contributed by atoms with Crippen LogP contribution in [-0.2, 0) is 0 Å². The lowest BCUT2D eigenvalue weighted by molar-refractivity contribution is 0.703. The minimum absolute atomic E-state index is 0.193. The number of hydrogen-bond donors (Lipinski definition) is 1. The Morgan fingerprint density at radius 2 is 1.94 bits per heavy atom. The van der Waals surface area contributed by atoms with Crippen molar-refractivity contribution in [3.8, 4) is 0 Å². The largest absolute Gasteiger partial charge is 0.309 e. The molecule has 18 heavy (non-hydrogen) atoms. The summed E-state index contributed by atoms with van der Waals surface area (Å²) in [6, 6.07) is 8.78. The fourth-order valence-electron chi connectivity index (χ4n) is 1.92. The summed E-state index contributed by atoms with van der Waals surface area (Å²) in [7, 11) is 1.97. The van der Waals surface area contributed by atoms with Gasteiger partial charge < -0.3 is 5.32 Å².